The Bertz CT molecular complexity index is 896. The molecule has 0 aliphatic heterocycles. The van der Waals surface area contributed by atoms with Gasteiger partial charge in [-0.15, -0.1) is 0 Å². The first-order valence-corrected chi connectivity index (χ1v) is 8.83. The van der Waals surface area contributed by atoms with Crippen LogP contribution in [-0.4, -0.2) is 23.8 Å². The SMILES string of the molecule is Nc1ncc(-c2ccc(CS(=O)O)cc2)cc1-c1ccc(CO)nc1. The topological polar surface area (TPSA) is 109 Å². The maximum absolute atomic E-state index is 10.9. The third-order valence-electron chi connectivity index (χ3n) is 3.79. The fraction of sp³-hybridized carbons (Fsp3) is 0.111. The van der Waals surface area contributed by atoms with Crippen LogP contribution in [0.2, 0.25) is 0 Å². The highest BCUT2D eigenvalue weighted by Crippen LogP contribution is 2.29. The Morgan fingerprint density at radius 1 is 0.960 bits per heavy atom. The van der Waals surface area contributed by atoms with E-state index in [9.17, 15) is 4.21 Å². The van der Waals surface area contributed by atoms with Gasteiger partial charge in [-0.2, -0.15) is 0 Å². The monoisotopic (exact) mass is 355 g/mol. The number of rotatable bonds is 5. The lowest BCUT2D eigenvalue weighted by atomic mass is 10.0. The van der Waals surface area contributed by atoms with Crippen molar-refractivity contribution >= 4 is 16.9 Å². The largest absolute Gasteiger partial charge is 0.390 e. The van der Waals surface area contributed by atoms with Crippen LogP contribution < -0.4 is 5.73 Å². The summed E-state index contributed by atoms with van der Waals surface area (Å²) >= 11 is -1.86. The zero-order valence-corrected chi connectivity index (χ0v) is 14.1. The lowest BCUT2D eigenvalue weighted by Crippen LogP contribution is -1.97. The number of hydrogen-bond acceptors (Lipinski definition) is 5. The van der Waals surface area contributed by atoms with Gasteiger partial charge < -0.3 is 15.4 Å². The molecule has 128 valence electrons. The summed E-state index contributed by atoms with van der Waals surface area (Å²) in [7, 11) is 0. The molecular formula is C18H17N3O3S. The quantitative estimate of drug-likeness (QED) is 0.607. The highest BCUT2D eigenvalue weighted by atomic mass is 32.2. The molecule has 3 aromatic rings. The van der Waals surface area contributed by atoms with Crippen LogP contribution in [0.25, 0.3) is 22.3 Å². The van der Waals surface area contributed by atoms with E-state index < -0.39 is 11.1 Å². The van der Waals surface area contributed by atoms with Crippen LogP contribution in [0.4, 0.5) is 5.82 Å². The van der Waals surface area contributed by atoms with Gasteiger partial charge in [0.25, 0.3) is 0 Å². The summed E-state index contributed by atoms with van der Waals surface area (Å²) in [6, 6.07) is 12.9. The number of benzene rings is 1. The fourth-order valence-corrected chi connectivity index (χ4v) is 2.96. The minimum Gasteiger partial charge on any atom is -0.390 e. The minimum absolute atomic E-state index is 0.106. The first kappa shape index (κ1) is 17.2. The van der Waals surface area contributed by atoms with Crippen molar-refractivity contribution in [3.05, 3.63) is 66.1 Å². The Balaban J connectivity index is 1.94. The van der Waals surface area contributed by atoms with Crippen LogP contribution in [0.3, 0.4) is 0 Å². The lowest BCUT2D eigenvalue weighted by Gasteiger charge is -2.09. The van der Waals surface area contributed by atoms with Crippen molar-refractivity contribution < 1.29 is 13.9 Å². The summed E-state index contributed by atoms with van der Waals surface area (Å²) in [5.41, 5.74) is 10.8. The minimum atomic E-state index is -1.86. The van der Waals surface area contributed by atoms with Crippen molar-refractivity contribution in [2.75, 3.05) is 5.73 Å². The third kappa shape index (κ3) is 4.08. The average molecular weight is 355 g/mol. The molecule has 0 amide bonds. The van der Waals surface area contributed by atoms with Gasteiger partial charge in [-0.05, 0) is 23.3 Å². The standard InChI is InChI=1S/C18H17N3O3S/c19-18-17(14-5-6-16(10-22)20-8-14)7-15(9-21-18)13-3-1-12(2-4-13)11-25(23)24/h1-9,22H,10-11H2,(H2,19,21)(H,23,24). The Morgan fingerprint density at radius 3 is 2.24 bits per heavy atom. The number of nitrogens with two attached hydrogens (primary N) is 1. The van der Waals surface area contributed by atoms with E-state index in [0.29, 0.717) is 11.5 Å². The van der Waals surface area contributed by atoms with E-state index in [1.54, 1.807) is 18.5 Å². The fourth-order valence-electron chi connectivity index (χ4n) is 2.48. The van der Waals surface area contributed by atoms with E-state index >= 15 is 0 Å². The average Bonchev–Trinajstić information content (AvgIpc) is 2.62. The molecule has 25 heavy (non-hydrogen) atoms. The van der Waals surface area contributed by atoms with Crippen LogP contribution in [0, 0.1) is 0 Å². The summed E-state index contributed by atoms with van der Waals surface area (Å²) in [6.45, 7) is -0.112. The van der Waals surface area contributed by atoms with E-state index in [4.69, 9.17) is 15.4 Å². The molecule has 0 saturated carbocycles. The Labute approximate surface area is 147 Å². The zero-order chi connectivity index (χ0) is 17.8. The lowest BCUT2D eigenvalue weighted by molar-refractivity contribution is 0.277. The second-order valence-electron chi connectivity index (χ2n) is 5.52. The van der Waals surface area contributed by atoms with Crippen molar-refractivity contribution in [1.29, 1.82) is 0 Å². The molecule has 1 atom stereocenters. The van der Waals surface area contributed by atoms with Crippen LogP contribution in [0.15, 0.2) is 54.9 Å². The van der Waals surface area contributed by atoms with Crippen LogP contribution in [-0.2, 0) is 23.4 Å². The third-order valence-corrected chi connectivity index (χ3v) is 4.37. The van der Waals surface area contributed by atoms with Crippen LogP contribution in [0.5, 0.6) is 0 Å². The first-order chi connectivity index (χ1) is 12.1. The second kappa shape index (κ2) is 7.52. The molecule has 2 heterocycles. The molecule has 1 aromatic carbocycles. The number of aliphatic hydroxyl groups excluding tert-OH is 1. The van der Waals surface area contributed by atoms with E-state index in [-0.39, 0.29) is 12.4 Å². The highest BCUT2D eigenvalue weighted by molar-refractivity contribution is 7.78. The molecule has 0 fully saturated rings. The zero-order valence-electron chi connectivity index (χ0n) is 13.3. The van der Waals surface area contributed by atoms with Gasteiger partial charge >= 0.3 is 0 Å². The number of nitrogens with zero attached hydrogens (tertiary/aromatic N) is 2. The maximum Gasteiger partial charge on any atom is 0.157 e. The van der Waals surface area contributed by atoms with Crippen LogP contribution in [0.1, 0.15) is 11.3 Å². The maximum atomic E-state index is 10.9. The first-order valence-electron chi connectivity index (χ1n) is 7.55. The molecule has 4 N–H and O–H groups in total. The molecule has 7 heteroatoms. The number of aliphatic hydroxyl groups is 1. The van der Waals surface area contributed by atoms with Crippen molar-refractivity contribution in [2.24, 2.45) is 0 Å². The van der Waals surface area contributed by atoms with E-state index in [2.05, 4.69) is 9.97 Å². The van der Waals surface area contributed by atoms with Crippen LogP contribution >= 0.6 is 0 Å². The second-order valence-corrected chi connectivity index (χ2v) is 6.45. The summed E-state index contributed by atoms with van der Waals surface area (Å²) in [4.78, 5) is 8.43. The van der Waals surface area contributed by atoms with Gasteiger partial charge in [-0.3, -0.25) is 4.98 Å². The van der Waals surface area contributed by atoms with E-state index in [1.807, 2.05) is 36.4 Å². The summed E-state index contributed by atoms with van der Waals surface area (Å²) in [5.74, 6) is 0.503. The molecule has 0 bridgehead atoms. The Kier molecular flexibility index (Phi) is 5.18. The van der Waals surface area contributed by atoms with Gasteiger partial charge in [-0.1, -0.05) is 30.3 Å². The summed E-state index contributed by atoms with van der Waals surface area (Å²) in [6.07, 6.45) is 3.34. The van der Waals surface area contributed by atoms with Gasteiger partial charge in [-0.25, -0.2) is 9.19 Å². The number of nitrogen functional groups attached to an aromatic ring is 1. The number of anilines is 1. The number of aromatic nitrogens is 2. The highest BCUT2D eigenvalue weighted by Gasteiger charge is 2.08. The molecular weight excluding hydrogens is 338 g/mol. The van der Waals surface area contributed by atoms with E-state index in [1.165, 1.54) is 0 Å². The number of pyridine rings is 2. The molecule has 0 aliphatic rings. The smallest absolute Gasteiger partial charge is 0.157 e. The van der Waals surface area contributed by atoms with Gasteiger partial charge in [0.15, 0.2) is 11.1 Å². The number of hydrogen-bond donors (Lipinski definition) is 3. The predicted molar refractivity (Wildman–Crippen MR) is 97.7 cm³/mol. The molecule has 0 radical (unpaired) electrons. The van der Waals surface area contributed by atoms with Gasteiger partial charge in [0.2, 0.25) is 0 Å². The van der Waals surface area contributed by atoms with Gasteiger partial charge in [0.05, 0.1) is 18.1 Å². The Morgan fingerprint density at radius 2 is 1.64 bits per heavy atom. The molecule has 1 unspecified atom stereocenters. The molecule has 6 nitrogen and oxygen atoms in total. The molecule has 0 aliphatic carbocycles. The predicted octanol–water partition coefficient (Wildman–Crippen LogP) is 2.61. The molecule has 3 rings (SSSR count). The summed E-state index contributed by atoms with van der Waals surface area (Å²) < 4.78 is 19.8. The summed E-state index contributed by atoms with van der Waals surface area (Å²) in [5, 5.41) is 9.09. The van der Waals surface area contributed by atoms with Crippen molar-refractivity contribution in [1.82, 2.24) is 9.97 Å². The van der Waals surface area contributed by atoms with Crippen molar-refractivity contribution in [3.63, 3.8) is 0 Å². The van der Waals surface area contributed by atoms with Crippen molar-refractivity contribution in [2.45, 2.75) is 12.4 Å². The van der Waals surface area contributed by atoms with Gasteiger partial charge in [0, 0.05) is 29.1 Å². The normalized spacial score (nSPS) is 12.1. The Hall–Kier alpha value is -2.61. The van der Waals surface area contributed by atoms with Crippen molar-refractivity contribution in [3.8, 4) is 22.3 Å². The van der Waals surface area contributed by atoms with Gasteiger partial charge in [0.1, 0.15) is 5.82 Å². The van der Waals surface area contributed by atoms with E-state index in [0.717, 1.165) is 27.8 Å². The molecule has 0 saturated heterocycles. The molecule has 2 aromatic heterocycles. The molecule has 0 spiro atoms.